The van der Waals surface area contributed by atoms with Crippen LogP contribution in [-0.4, -0.2) is 84.7 Å². The number of likely N-dealkylation sites (N-methyl/N-ethyl adjacent to an activating group) is 1. The van der Waals surface area contributed by atoms with Gasteiger partial charge in [0.25, 0.3) is 5.91 Å². The number of allylic oxidation sites excluding steroid dienone is 2. The zero-order valence-electron chi connectivity index (χ0n) is 29.9. The maximum atomic E-state index is 12.4. The molecule has 0 aliphatic carbocycles. The first kappa shape index (κ1) is 39.0. The highest BCUT2D eigenvalue weighted by Gasteiger charge is 2.27. The highest BCUT2D eigenvalue weighted by molar-refractivity contribution is 6.72. The van der Waals surface area contributed by atoms with Gasteiger partial charge in [0.05, 0.1) is 5.69 Å². The molecule has 1 aromatic carbocycles. The topological polar surface area (TPSA) is 90.6 Å². The molecular weight excluding hydrogens is 569 g/mol. The Balaban J connectivity index is 0.00000114. The number of hydrogen-bond acceptors (Lipinski definition) is 7. The number of amides is 1. The normalized spacial score (nSPS) is 15.6. The molecule has 9 heteroatoms. The van der Waals surface area contributed by atoms with Crippen molar-refractivity contribution in [2.24, 2.45) is 5.73 Å². The molecule has 3 N–H and O–H groups in total. The highest BCUT2D eigenvalue weighted by atomic mass is 16.1. The van der Waals surface area contributed by atoms with E-state index in [4.69, 9.17) is 15.7 Å². The van der Waals surface area contributed by atoms with E-state index in [9.17, 15) is 4.79 Å². The zero-order valence-corrected chi connectivity index (χ0v) is 29.9. The average molecular weight is 632 g/mol. The summed E-state index contributed by atoms with van der Waals surface area (Å²) in [6, 6.07) is 9.20. The number of carbonyl (C=O) groups excluding carboxylic acids is 1. The summed E-state index contributed by atoms with van der Waals surface area (Å²) in [5.41, 5.74) is 10.1. The average Bonchev–Trinajstić information content (AvgIpc) is 3.10. The molecule has 254 valence electrons. The molecule has 2 aliphatic rings. The molecule has 0 radical (unpaired) electrons. The van der Waals surface area contributed by atoms with Gasteiger partial charge in [-0.25, -0.2) is 9.97 Å². The van der Waals surface area contributed by atoms with Crippen molar-refractivity contribution in [3.63, 3.8) is 0 Å². The molecule has 8 nitrogen and oxygen atoms in total. The minimum absolute atomic E-state index is 0.223. The van der Waals surface area contributed by atoms with E-state index in [2.05, 4.69) is 85.3 Å². The van der Waals surface area contributed by atoms with Gasteiger partial charge in [-0.1, -0.05) is 98.3 Å². The van der Waals surface area contributed by atoms with Crippen molar-refractivity contribution < 1.29 is 4.79 Å². The Morgan fingerprint density at radius 3 is 1.98 bits per heavy atom. The van der Waals surface area contributed by atoms with Crippen LogP contribution in [0.5, 0.6) is 0 Å². The number of nitrogens with one attached hydrogen (secondary N) is 1. The Bertz CT molecular complexity index is 1160. The molecule has 0 spiro atoms. The third kappa shape index (κ3) is 11.9. The van der Waals surface area contributed by atoms with Gasteiger partial charge >= 0.3 is 0 Å². The van der Waals surface area contributed by atoms with Crippen molar-refractivity contribution in [1.82, 2.24) is 19.8 Å². The van der Waals surface area contributed by atoms with Crippen molar-refractivity contribution in [2.45, 2.75) is 98.2 Å². The lowest BCUT2D eigenvalue weighted by molar-refractivity contribution is 0.0982. The summed E-state index contributed by atoms with van der Waals surface area (Å²) in [7, 11) is 2.22. The van der Waals surface area contributed by atoms with Crippen LogP contribution in [0.2, 0.25) is 12.6 Å². The van der Waals surface area contributed by atoms with Gasteiger partial charge in [-0.2, -0.15) is 0 Å². The summed E-state index contributed by atoms with van der Waals surface area (Å²) < 4.78 is 0. The lowest BCUT2D eigenvalue weighted by Gasteiger charge is -2.42. The second-order valence-electron chi connectivity index (χ2n) is 12.2. The molecule has 46 heavy (non-hydrogen) atoms. The lowest BCUT2D eigenvalue weighted by atomic mass is 9.41. The van der Waals surface area contributed by atoms with E-state index >= 15 is 0 Å². The zero-order chi connectivity index (χ0) is 33.9. The molecule has 0 saturated carbocycles. The Hall–Kier alpha value is -3.17. The molecule has 0 unspecified atom stereocenters. The first-order valence-corrected chi connectivity index (χ1v) is 17.8. The van der Waals surface area contributed by atoms with Gasteiger partial charge in [0.15, 0.2) is 11.5 Å². The van der Waals surface area contributed by atoms with E-state index in [0.717, 1.165) is 74.8 Å². The number of piperidine rings is 1. The summed E-state index contributed by atoms with van der Waals surface area (Å²) in [5, 5.41) is 3.39. The van der Waals surface area contributed by atoms with Crippen LogP contribution in [0.15, 0.2) is 49.6 Å². The molecule has 2 aromatic rings. The molecule has 2 fully saturated rings. The second-order valence-corrected chi connectivity index (χ2v) is 12.2. The van der Waals surface area contributed by atoms with E-state index in [1.54, 1.807) is 12.2 Å². The minimum Gasteiger partial charge on any atom is -0.371 e. The smallest absolute Gasteiger partial charge is 0.271 e. The van der Waals surface area contributed by atoms with E-state index in [1.807, 2.05) is 13.8 Å². The lowest BCUT2D eigenvalue weighted by Crippen LogP contribution is -2.52. The number of piperazine rings is 1. The van der Waals surface area contributed by atoms with E-state index in [0.29, 0.717) is 18.6 Å². The van der Waals surface area contributed by atoms with Crippen molar-refractivity contribution in [2.75, 3.05) is 56.5 Å². The van der Waals surface area contributed by atoms with E-state index in [1.165, 1.54) is 44.7 Å². The summed E-state index contributed by atoms with van der Waals surface area (Å²) >= 11 is 0. The van der Waals surface area contributed by atoms with Crippen LogP contribution in [0.3, 0.4) is 0 Å². The fourth-order valence-corrected chi connectivity index (χ4v) is 6.22. The Labute approximate surface area is 281 Å². The number of benzene rings is 1. The molecule has 3 heterocycles. The summed E-state index contributed by atoms with van der Waals surface area (Å²) in [5.74, 6) is -0.0757. The van der Waals surface area contributed by atoms with Crippen LogP contribution in [0.1, 0.15) is 89.3 Å². The first-order valence-electron chi connectivity index (χ1n) is 17.8. The quantitative estimate of drug-likeness (QED) is 0.175. The number of nitrogens with two attached hydrogens (primary N) is 1. The number of anilines is 3. The predicted octanol–water partition coefficient (Wildman–Crippen LogP) is 6.78. The Morgan fingerprint density at radius 1 is 0.935 bits per heavy atom. The molecule has 2 aliphatic heterocycles. The number of aromatic nitrogens is 2. The van der Waals surface area contributed by atoms with Crippen LogP contribution >= 0.6 is 0 Å². The van der Waals surface area contributed by atoms with Gasteiger partial charge in [0, 0.05) is 62.3 Å². The molecule has 1 aromatic heterocycles. The molecule has 0 atom stereocenters. The van der Waals surface area contributed by atoms with Crippen LogP contribution in [0, 0.1) is 0 Å². The minimum atomic E-state index is -0.547. The first-order chi connectivity index (χ1) is 22.3. The fourth-order valence-electron chi connectivity index (χ4n) is 6.22. The monoisotopic (exact) mass is 632 g/mol. The standard InChI is InChI=1S/C31H50BN7O.C4H6.C2H6/c1-5-8-16-32(17-9-6-2)29-27(7-3)35-28(30(33)40)31(36-29)34-24-10-12-25(13-11-24)38-18-14-26(15-19-38)39-22-20-37(4)21-23-39;1-3-4-2;1-2/h10-13,26H,5-9,14-23H2,1-4H3,(H2,33,40)(H,34,36);3-4H,1-2H2;1-2H3. The predicted molar refractivity (Wildman–Crippen MR) is 201 cm³/mol. The summed E-state index contributed by atoms with van der Waals surface area (Å²) in [4.78, 5) is 29.8. The SMILES string of the molecule is C=CC=C.CC.CCCCB(CCCC)c1nc(Nc2ccc(N3CCC(N4CCN(C)CC4)CC3)cc2)c(C(N)=O)nc1CC. The number of nitrogens with zero attached hydrogens (tertiary/aromatic N) is 5. The number of carbonyl (C=O) groups is 1. The molecule has 2 saturated heterocycles. The highest BCUT2D eigenvalue weighted by Crippen LogP contribution is 2.26. The molecule has 1 amide bonds. The van der Waals surface area contributed by atoms with Gasteiger partial charge in [-0.05, 0) is 50.6 Å². The van der Waals surface area contributed by atoms with Crippen LogP contribution in [0.25, 0.3) is 0 Å². The van der Waals surface area contributed by atoms with Crippen molar-refractivity contribution in [3.8, 4) is 0 Å². The Morgan fingerprint density at radius 2 is 1.50 bits per heavy atom. The maximum Gasteiger partial charge on any atom is 0.271 e. The third-order valence-corrected chi connectivity index (χ3v) is 8.95. The number of aryl methyl sites for hydroxylation is 1. The summed E-state index contributed by atoms with van der Waals surface area (Å²) in [6.07, 6.45) is 13.3. The van der Waals surface area contributed by atoms with Crippen LogP contribution in [0.4, 0.5) is 17.2 Å². The van der Waals surface area contributed by atoms with Gasteiger partial charge in [-0.15, -0.1) is 0 Å². The van der Waals surface area contributed by atoms with Crippen molar-refractivity contribution in [1.29, 1.82) is 0 Å². The van der Waals surface area contributed by atoms with Gasteiger partial charge in [0.1, 0.15) is 0 Å². The molecule has 0 bridgehead atoms. The van der Waals surface area contributed by atoms with Crippen molar-refractivity contribution in [3.05, 3.63) is 61.0 Å². The van der Waals surface area contributed by atoms with Gasteiger partial charge < -0.3 is 20.9 Å². The van der Waals surface area contributed by atoms with Crippen molar-refractivity contribution >= 4 is 35.4 Å². The largest absolute Gasteiger partial charge is 0.371 e. The maximum absolute atomic E-state index is 12.4. The Kier molecular flexibility index (Phi) is 18.3. The number of primary amides is 1. The van der Waals surface area contributed by atoms with E-state index < -0.39 is 5.91 Å². The van der Waals surface area contributed by atoms with E-state index in [-0.39, 0.29) is 5.69 Å². The summed E-state index contributed by atoms with van der Waals surface area (Å²) in [6.45, 7) is 24.5. The molecular formula is C37H62BN7O. The van der Waals surface area contributed by atoms with Crippen LogP contribution < -0.4 is 21.5 Å². The third-order valence-electron chi connectivity index (χ3n) is 8.95. The second kappa shape index (κ2) is 21.6. The van der Waals surface area contributed by atoms with Crippen LogP contribution in [-0.2, 0) is 6.42 Å². The van der Waals surface area contributed by atoms with Gasteiger partial charge in [0.2, 0.25) is 6.71 Å². The fraction of sp³-hybridized carbons (Fsp3) is 0.595. The number of rotatable bonds is 14. The number of hydrogen-bond donors (Lipinski definition) is 2. The number of unbranched alkanes of at least 4 members (excludes halogenated alkanes) is 2. The van der Waals surface area contributed by atoms with Gasteiger partial charge in [-0.3, -0.25) is 9.69 Å². The molecule has 4 rings (SSSR count).